The lowest BCUT2D eigenvalue weighted by atomic mass is 10.00. The SMILES string of the molecule is CC(NC(=O)C(Cc1c[nH]c2ccccc12)NC(=O)C(NC(=O)C(N)Cc1cnc[nH]1)C(C)C)C(=O)O. The molecule has 0 radical (unpaired) electrons. The van der Waals surface area contributed by atoms with Gasteiger partial charge in [-0.05, 0) is 24.5 Å². The number of benzene rings is 1. The number of carbonyl (C=O) groups excluding carboxylic acids is 3. The van der Waals surface area contributed by atoms with Gasteiger partial charge < -0.3 is 36.8 Å². The van der Waals surface area contributed by atoms with Gasteiger partial charge in [-0.15, -0.1) is 0 Å². The summed E-state index contributed by atoms with van der Waals surface area (Å²) in [5.41, 5.74) is 8.33. The van der Waals surface area contributed by atoms with Crippen molar-refractivity contribution < 1.29 is 24.3 Å². The minimum absolute atomic E-state index is 0.103. The number of nitrogens with one attached hydrogen (secondary N) is 5. The van der Waals surface area contributed by atoms with Gasteiger partial charge in [0.15, 0.2) is 0 Å². The number of carboxylic acids is 1. The molecule has 3 aromatic rings. The summed E-state index contributed by atoms with van der Waals surface area (Å²) in [5.74, 6) is -3.29. The lowest BCUT2D eigenvalue weighted by molar-refractivity contribution is -0.141. The smallest absolute Gasteiger partial charge is 0.325 e. The summed E-state index contributed by atoms with van der Waals surface area (Å²) in [6.45, 7) is 4.85. The van der Waals surface area contributed by atoms with Gasteiger partial charge in [-0.25, -0.2) is 4.98 Å². The zero-order valence-electron chi connectivity index (χ0n) is 20.9. The van der Waals surface area contributed by atoms with Crippen LogP contribution in [-0.2, 0) is 32.0 Å². The summed E-state index contributed by atoms with van der Waals surface area (Å²) in [6.07, 6.45) is 5.09. The predicted molar refractivity (Wildman–Crippen MR) is 136 cm³/mol. The van der Waals surface area contributed by atoms with E-state index in [-0.39, 0.29) is 18.8 Å². The molecule has 3 rings (SSSR count). The highest BCUT2D eigenvalue weighted by Crippen LogP contribution is 2.19. The van der Waals surface area contributed by atoms with Gasteiger partial charge in [0.05, 0.1) is 12.4 Å². The average Bonchev–Trinajstić information content (AvgIpc) is 3.51. The highest BCUT2D eigenvalue weighted by atomic mass is 16.4. The summed E-state index contributed by atoms with van der Waals surface area (Å²) in [5, 5.41) is 17.9. The Balaban J connectivity index is 1.77. The van der Waals surface area contributed by atoms with Crippen LogP contribution in [-0.4, -0.2) is 67.9 Å². The number of carbonyl (C=O) groups is 4. The van der Waals surface area contributed by atoms with Crippen LogP contribution >= 0.6 is 0 Å². The fraction of sp³-hybridized carbons (Fsp3) is 0.400. The van der Waals surface area contributed by atoms with E-state index in [0.717, 1.165) is 16.5 Å². The molecule has 0 saturated carbocycles. The Bertz CT molecular complexity index is 1240. The van der Waals surface area contributed by atoms with Gasteiger partial charge in [-0.1, -0.05) is 32.0 Å². The zero-order chi connectivity index (χ0) is 27.1. The first-order valence-corrected chi connectivity index (χ1v) is 12.0. The van der Waals surface area contributed by atoms with Gasteiger partial charge in [0.1, 0.15) is 18.1 Å². The molecule has 0 aliphatic carbocycles. The van der Waals surface area contributed by atoms with Crippen LogP contribution in [0.3, 0.4) is 0 Å². The van der Waals surface area contributed by atoms with Crippen LogP contribution in [0.1, 0.15) is 32.0 Å². The van der Waals surface area contributed by atoms with Crippen LogP contribution in [0.15, 0.2) is 43.0 Å². The average molecular weight is 512 g/mol. The Morgan fingerprint density at radius 1 is 0.973 bits per heavy atom. The number of rotatable bonds is 12. The summed E-state index contributed by atoms with van der Waals surface area (Å²) in [7, 11) is 0. The van der Waals surface area contributed by atoms with Crippen LogP contribution in [0.25, 0.3) is 10.9 Å². The van der Waals surface area contributed by atoms with Crippen LogP contribution in [0.2, 0.25) is 0 Å². The van der Waals surface area contributed by atoms with Gasteiger partial charge in [0, 0.05) is 41.8 Å². The molecule has 0 saturated heterocycles. The normalized spacial score (nSPS) is 14.5. The number of H-pyrrole nitrogens is 2. The maximum absolute atomic E-state index is 13.3. The number of amides is 3. The van der Waals surface area contributed by atoms with Gasteiger partial charge in [-0.3, -0.25) is 19.2 Å². The predicted octanol–water partition coefficient (Wildman–Crippen LogP) is 0.218. The third kappa shape index (κ3) is 7.17. The number of aliphatic carboxylic acids is 1. The third-order valence-electron chi connectivity index (χ3n) is 6.04. The standard InChI is InChI=1S/C25H33N7O5/c1-13(2)21(32-22(33)18(26)9-16-11-27-12-29-16)24(35)31-20(23(34)30-14(3)25(36)37)8-15-10-28-19-7-5-4-6-17(15)19/h4-7,10-14,18,20-21,28H,8-9,26H2,1-3H3,(H,27,29)(H,30,34)(H,31,35)(H,32,33)(H,36,37). The molecule has 3 amide bonds. The van der Waals surface area contributed by atoms with Crippen molar-refractivity contribution >= 4 is 34.6 Å². The second kappa shape index (κ2) is 12.2. The van der Waals surface area contributed by atoms with Crippen LogP contribution in [0.4, 0.5) is 0 Å². The quantitative estimate of drug-likeness (QED) is 0.180. The second-order valence-corrected chi connectivity index (χ2v) is 9.31. The van der Waals surface area contributed by atoms with Crippen molar-refractivity contribution in [3.05, 3.63) is 54.2 Å². The van der Waals surface area contributed by atoms with Crippen molar-refractivity contribution in [1.29, 1.82) is 0 Å². The highest BCUT2D eigenvalue weighted by molar-refractivity contribution is 5.95. The lowest BCUT2D eigenvalue weighted by Crippen LogP contribution is -2.58. The Morgan fingerprint density at radius 2 is 1.70 bits per heavy atom. The van der Waals surface area contributed by atoms with E-state index in [0.29, 0.717) is 5.69 Å². The number of hydrogen-bond acceptors (Lipinski definition) is 6. The molecule has 198 valence electrons. The number of fused-ring (bicyclic) bond motifs is 1. The monoisotopic (exact) mass is 511 g/mol. The summed E-state index contributed by atoms with van der Waals surface area (Å²) >= 11 is 0. The molecule has 12 heteroatoms. The molecule has 1 aromatic carbocycles. The molecular formula is C25H33N7O5. The Labute approximate surface area is 213 Å². The molecule has 37 heavy (non-hydrogen) atoms. The largest absolute Gasteiger partial charge is 0.480 e. The first-order valence-electron chi connectivity index (χ1n) is 12.0. The molecule has 4 atom stereocenters. The number of para-hydroxylation sites is 1. The molecule has 12 nitrogen and oxygen atoms in total. The molecule has 0 bridgehead atoms. The molecule has 0 aliphatic heterocycles. The molecular weight excluding hydrogens is 478 g/mol. The fourth-order valence-electron chi connectivity index (χ4n) is 3.89. The number of hydrogen-bond donors (Lipinski definition) is 7. The van der Waals surface area contributed by atoms with E-state index >= 15 is 0 Å². The van der Waals surface area contributed by atoms with E-state index in [1.807, 2.05) is 24.3 Å². The molecule has 2 aromatic heterocycles. The molecule has 4 unspecified atom stereocenters. The molecule has 0 spiro atoms. The van der Waals surface area contributed by atoms with Crippen LogP contribution < -0.4 is 21.7 Å². The number of carboxylic acid groups (broad SMARTS) is 1. The summed E-state index contributed by atoms with van der Waals surface area (Å²) < 4.78 is 0. The van der Waals surface area contributed by atoms with Gasteiger partial charge in [0.2, 0.25) is 17.7 Å². The minimum atomic E-state index is -1.20. The van der Waals surface area contributed by atoms with Gasteiger partial charge >= 0.3 is 5.97 Å². The van der Waals surface area contributed by atoms with Crippen molar-refractivity contribution in [1.82, 2.24) is 30.9 Å². The zero-order valence-corrected chi connectivity index (χ0v) is 20.9. The second-order valence-electron chi connectivity index (χ2n) is 9.31. The fourth-order valence-corrected chi connectivity index (χ4v) is 3.89. The molecule has 0 aliphatic rings. The number of imidazole rings is 1. The number of nitrogens with two attached hydrogens (primary N) is 1. The van der Waals surface area contributed by atoms with E-state index < -0.39 is 47.9 Å². The number of aromatic amines is 2. The van der Waals surface area contributed by atoms with Gasteiger partial charge in [0.25, 0.3) is 0 Å². The molecule has 0 fully saturated rings. The van der Waals surface area contributed by atoms with Gasteiger partial charge in [-0.2, -0.15) is 0 Å². The summed E-state index contributed by atoms with van der Waals surface area (Å²) in [4.78, 5) is 60.3. The number of aromatic nitrogens is 3. The van der Waals surface area contributed by atoms with Crippen molar-refractivity contribution in [2.45, 2.75) is 57.8 Å². The third-order valence-corrected chi connectivity index (χ3v) is 6.04. The Morgan fingerprint density at radius 3 is 2.35 bits per heavy atom. The summed E-state index contributed by atoms with van der Waals surface area (Å²) in [6, 6.07) is 3.35. The molecule has 2 heterocycles. The van der Waals surface area contributed by atoms with E-state index in [4.69, 9.17) is 5.73 Å². The van der Waals surface area contributed by atoms with Crippen molar-refractivity contribution in [2.75, 3.05) is 0 Å². The topological polar surface area (TPSA) is 195 Å². The van der Waals surface area contributed by atoms with E-state index in [9.17, 15) is 24.3 Å². The van der Waals surface area contributed by atoms with E-state index in [1.54, 1.807) is 26.2 Å². The maximum atomic E-state index is 13.3. The highest BCUT2D eigenvalue weighted by Gasteiger charge is 2.31. The van der Waals surface area contributed by atoms with Crippen LogP contribution in [0.5, 0.6) is 0 Å². The van der Waals surface area contributed by atoms with Crippen LogP contribution in [0, 0.1) is 5.92 Å². The Hall–Kier alpha value is -4.19. The first-order chi connectivity index (χ1) is 17.6. The lowest BCUT2D eigenvalue weighted by Gasteiger charge is -2.26. The Kier molecular flexibility index (Phi) is 9.01. The first kappa shape index (κ1) is 27.4. The van der Waals surface area contributed by atoms with E-state index in [2.05, 4.69) is 30.9 Å². The van der Waals surface area contributed by atoms with E-state index in [1.165, 1.54) is 13.3 Å². The minimum Gasteiger partial charge on any atom is -0.480 e. The maximum Gasteiger partial charge on any atom is 0.325 e. The van der Waals surface area contributed by atoms with Crippen molar-refractivity contribution in [2.24, 2.45) is 11.7 Å². The number of nitrogens with zero attached hydrogens (tertiary/aromatic N) is 1. The van der Waals surface area contributed by atoms with Crippen molar-refractivity contribution in [3.8, 4) is 0 Å². The molecule has 8 N–H and O–H groups in total. The van der Waals surface area contributed by atoms with Crippen molar-refractivity contribution in [3.63, 3.8) is 0 Å².